The molecule has 5 rings (SSSR count). The van der Waals surface area contributed by atoms with Crippen molar-refractivity contribution in [1.29, 1.82) is 0 Å². The first-order valence-corrected chi connectivity index (χ1v) is 12.2. The van der Waals surface area contributed by atoms with E-state index in [4.69, 9.17) is 5.10 Å². The van der Waals surface area contributed by atoms with E-state index in [1.165, 1.54) is 0 Å². The van der Waals surface area contributed by atoms with Gasteiger partial charge in [-0.1, -0.05) is 55.5 Å². The van der Waals surface area contributed by atoms with E-state index < -0.39 is 5.54 Å². The number of nitrogens with zero attached hydrogens (tertiary/aromatic N) is 3. The van der Waals surface area contributed by atoms with Gasteiger partial charge in [-0.05, 0) is 54.1 Å². The van der Waals surface area contributed by atoms with Crippen LogP contribution in [0.1, 0.15) is 35.5 Å². The highest BCUT2D eigenvalue weighted by Gasteiger charge is 2.48. The average Bonchev–Trinajstić information content (AvgIpc) is 3.53. The van der Waals surface area contributed by atoms with Gasteiger partial charge in [0.2, 0.25) is 5.91 Å². The first-order valence-electron chi connectivity index (χ1n) is 11.4. The number of hydrogen-bond acceptors (Lipinski definition) is 4. The lowest BCUT2D eigenvalue weighted by molar-refractivity contribution is -0.126. The van der Waals surface area contributed by atoms with Crippen LogP contribution in [0.25, 0.3) is 10.6 Å². The third kappa shape index (κ3) is 3.92. The number of rotatable bonds is 6. The minimum atomic E-state index is -1.15. The number of fused-ring (bicyclic) bond motifs is 1. The predicted molar refractivity (Wildman–Crippen MR) is 135 cm³/mol. The van der Waals surface area contributed by atoms with Gasteiger partial charge < -0.3 is 5.32 Å². The molecule has 0 saturated heterocycles. The molecule has 2 aromatic heterocycles. The topological polar surface area (TPSA) is 67.2 Å². The highest BCUT2D eigenvalue weighted by atomic mass is 32.1. The second kappa shape index (κ2) is 8.91. The zero-order chi connectivity index (χ0) is 23.7. The predicted octanol–water partition coefficient (Wildman–Crippen LogP) is 4.91. The summed E-state index contributed by atoms with van der Waals surface area (Å²) >= 11 is 1.57. The molecule has 172 valence electrons. The van der Waals surface area contributed by atoms with Gasteiger partial charge in [-0.2, -0.15) is 5.10 Å². The Bertz CT molecular complexity index is 1330. The summed E-state index contributed by atoms with van der Waals surface area (Å²) in [5.41, 5.74) is 2.90. The summed E-state index contributed by atoms with van der Waals surface area (Å²) in [4.78, 5) is 30.2. The van der Waals surface area contributed by atoms with Crippen LogP contribution in [0.5, 0.6) is 0 Å². The van der Waals surface area contributed by atoms with Crippen LogP contribution >= 0.6 is 11.3 Å². The minimum absolute atomic E-state index is 0.217. The average molecular weight is 471 g/mol. The van der Waals surface area contributed by atoms with Crippen LogP contribution in [-0.2, 0) is 24.3 Å². The van der Waals surface area contributed by atoms with Crippen molar-refractivity contribution in [3.8, 4) is 10.6 Å². The zero-order valence-electron chi connectivity index (χ0n) is 19.2. The Labute approximate surface area is 202 Å². The minimum Gasteiger partial charge on any atom is -0.350 e. The lowest BCUT2D eigenvalue weighted by atomic mass is 9.93. The molecule has 3 heterocycles. The summed E-state index contributed by atoms with van der Waals surface area (Å²) in [5, 5.41) is 9.74. The molecule has 0 radical (unpaired) electrons. The fourth-order valence-corrected chi connectivity index (χ4v) is 5.10. The smallest absolute Gasteiger partial charge is 0.277 e. The number of carbonyl (C=O) groups excluding carboxylic acids is 2. The molecular formula is C27H26N4O2S. The monoisotopic (exact) mass is 470 g/mol. The lowest BCUT2D eigenvalue weighted by Crippen LogP contribution is -2.64. The van der Waals surface area contributed by atoms with Gasteiger partial charge in [-0.3, -0.25) is 19.2 Å². The maximum Gasteiger partial charge on any atom is 0.277 e. The van der Waals surface area contributed by atoms with E-state index >= 15 is 0 Å². The number of nitrogens with one attached hydrogen (secondary N) is 1. The number of anilines is 1. The van der Waals surface area contributed by atoms with Crippen LogP contribution in [0, 0.1) is 0 Å². The SMILES string of the molecule is CCc1cccc(N2C(=O)c3cc(-c4cccs4)nn3C[C@]2(C)C(=O)NCc2ccccc2)c1. The van der Waals surface area contributed by atoms with Gasteiger partial charge >= 0.3 is 0 Å². The van der Waals surface area contributed by atoms with Gasteiger partial charge in [0.1, 0.15) is 16.9 Å². The molecule has 1 aliphatic rings. The molecule has 0 spiro atoms. The molecule has 1 N–H and O–H groups in total. The van der Waals surface area contributed by atoms with Crippen molar-refractivity contribution in [3.05, 3.63) is 95.0 Å². The summed E-state index contributed by atoms with van der Waals surface area (Å²) in [5.74, 6) is -0.447. The number of aryl methyl sites for hydroxylation is 1. The number of carbonyl (C=O) groups is 2. The summed E-state index contributed by atoms with van der Waals surface area (Å²) in [6.07, 6.45) is 0.841. The molecule has 6 nitrogen and oxygen atoms in total. The van der Waals surface area contributed by atoms with Gasteiger partial charge in [0.25, 0.3) is 5.91 Å². The third-order valence-corrected chi connectivity index (χ3v) is 7.18. The summed E-state index contributed by atoms with van der Waals surface area (Å²) in [6, 6.07) is 23.4. The number of thiophene rings is 1. The molecule has 2 amide bonds. The third-order valence-electron chi connectivity index (χ3n) is 6.29. The number of benzene rings is 2. The van der Waals surface area contributed by atoms with Crippen molar-refractivity contribution in [2.45, 2.75) is 38.9 Å². The summed E-state index contributed by atoms with van der Waals surface area (Å²) < 4.78 is 1.68. The molecule has 1 atom stereocenters. The molecule has 34 heavy (non-hydrogen) atoms. The van der Waals surface area contributed by atoms with E-state index in [0.29, 0.717) is 17.9 Å². The molecule has 1 aliphatic heterocycles. The van der Waals surface area contributed by atoms with E-state index in [1.807, 2.05) is 85.1 Å². The van der Waals surface area contributed by atoms with Crippen LogP contribution in [0.15, 0.2) is 78.2 Å². The van der Waals surface area contributed by atoms with Gasteiger partial charge in [-0.15, -0.1) is 11.3 Å². The van der Waals surface area contributed by atoms with Crippen molar-refractivity contribution in [2.75, 3.05) is 4.90 Å². The summed E-state index contributed by atoms with van der Waals surface area (Å²) in [6.45, 7) is 4.54. The Hall–Kier alpha value is -3.71. The number of aromatic nitrogens is 2. The molecule has 7 heteroatoms. The van der Waals surface area contributed by atoms with Crippen LogP contribution < -0.4 is 10.2 Å². The highest BCUT2D eigenvalue weighted by Crippen LogP contribution is 2.35. The van der Waals surface area contributed by atoms with Crippen molar-refractivity contribution < 1.29 is 9.59 Å². The van der Waals surface area contributed by atoms with Crippen molar-refractivity contribution in [3.63, 3.8) is 0 Å². The Balaban J connectivity index is 1.55. The van der Waals surface area contributed by atoms with Crippen molar-refractivity contribution in [1.82, 2.24) is 15.1 Å². The molecule has 0 fully saturated rings. The van der Waals surface area contributed by atoms with Gasteiger partial charge in [0, 0.05) is 12.2 Å². The fourth-order valence-electron chi connectivity index (χ4n) is 4.41. The molecule has 0 bridgehead atoms. The molecule has 4 aromatic rings. The summed E-state index contributed by atoms with van der Waals surface area (Å²) in [7, 11) is 0. The standard InChI is InChI=1S/C27H26N4O2S/c1-3-19-11-7-12-21(15-19)31-25(32)23-16-22(24-13-8-14-34-24)29-30(23)18-27(31,2)26(33)28-17-20-9-5-4-6-10-20/h4-16H,3,17-18H2,1-2H3,(H,28,33)/t27-/m1/s1. The van der Waals surface area contributed by atoms with E-state index in [0.717, 1.165) is 28.1 Å². The zero-order valence-corrected chi connectivity index (χ0v) is 20.0. The largest absolute Gasteiger partial charge is 0.350 e. The van der Waals surface area contributed by atoms with Crippen LogP contribution in [0.3, 0.4) is 0 Å². The van der Waals surface area contributed by atoms with E-state index in [1.54, 1.807) is 20.9 Å². The van der Waals surface area contributed by atoms with Crippen molar-refractivity contribution >= 4 is 28.8 Å². The lowest BCUT2D eigenvalue weighted by Gasteiger charge is -2.43. The first kappa shape index (κ1) is 22.1. The maximum absolute atomic E-state index is 13.9. The molecule has 0 aliphatic carbocycles. The Morgan fingerprint density at radius 1 is 1.06 bits per heavy atom. The maximum atomic E-state index is 13.9. The molecular weight excluding hydrogens is 444 g/mol. The van der Waals surface area contributed by atoms with Gasteiger partial charge in [-0.25, -0.2) is 0 Å². The van der Waals surface area contributed by atoms with Gasteiger partial charge in [0.15, 0.2) is 0 Å². The number of hydrogen-bond donors (Lipinski definition) is 1. The molecule has 2 aromatic carbocycles. The normalized spacial score (nSPS) is 17.5. The molecule has 0 unspecified atom stereocenters. The number of amides is 2. The van der Waals surface area contributed by atoms with Crippen LogP contribution in [0.4, 0.5) is 5.69 Å². The first-order chi connectivity index (χ1) is 16.5. The Morgan fingerprint density at radius 2 is 1.85 bits per heavy atom. The van der Waals surface area contributed by atoms with E-state index in [-0.39, 0.29) is 18.4 Å². The highest BCUT2D eigenvalue weighted by molar-refractivity contribution is 7.13. The van der Waals surface area contributed by atoms with Crippen LogP contribution in [0.2, 0.25) is 0 Å². The van der Waals surface area contributed by atoms with Gasteiger partial charge in [0.05, 0.1) is 11.4 Å². The molecule has 0 saturated carbocycles. The van der Waals surface area contributed by atoms with Crippen molar-refractivity contribution in [2.24, 2.45) is 0 Å². The second-order valence-electron chi connectivity index (χ2n) is 8.66. The van der Waals surface area contributed by atoms with Crippen LogP contribution in [-0.4, -0.2) is 27.1 Å². The fraction of sp³-hybridized carbons (Fsp3) is 0.222. The second-order valence-corrected chi connectivity index (χ2v) is 9.60. The van der Waals surface area contributed by atoms with E-state index in [9.17, 15) is 9.59 Å². The quantitative estimate of drug-likeness (QED) is 0.435. The van der Waals surface area contributed by atoms with E-state index in [2.05, 4.69) is 12.2 Å². The Morgan fingerprint density at radius 3 is 2.59 bits per heavy atom. The Kier molecular flexibility index (Phi) is 5.79.